The third-order valence-corrected chi connectivity index (χ3v) is 2.45. The molecule has 0 aliphatic carbocycles. The van der Waals surface area contributed by atoms with E-state index in [1.807, 2.05) is 0 Å². The zero-order chi connectivity index (χ0) is 10.5. The number of hydrogen-bond acceptors (Lipinski definition) is 5. The molecule has 5 nitrogen and oxygen atoms in total. The Morgan fingerprint density at radius 3 is 3.33 bits per heavy atom. The summed E-state index contributed by atoms with van der Waals surface area (Å²) in [4.78, 5) is 0. The van der Waals surface area contributed by atoms with Crippen molar-refractivity contribution in [2.75, 3.05) is 26.9 Å². The molecule has 0 saturated heterocycles. The Morgan fingerprint density at radius 1 is 1.53 bits per heavy atom. The van der Waals surface area contributed by atoms with Crippen LogP contribution >= 0.6 is 0 Å². The Kier molecular flexibility index (Phi) is 3.71. The van der Waals surface area contributed by atoms with Crippen LogP contribution in [-0.4, -0.2) is 32.0 Å². The molecule has 1 aliphatic heterocycles. The van der Waals surface area contributed by atoms with Gasteiger partial charge in [-0.05, 0) is 0 Å². The Hall–Kier alpha value is -0.910. The lowest BCUT2D eigenvalue weighted by atomic mass is 10.1. The number of methoxy groups -OCH3 is 1. The van der Waals surface area contributed by atoms with Gasteiger partial charge in [0, 0.05) is 32.2 Å². The minimum absolute atomic E-state index is 0.625. The molecule has 1 aliphatic rings. The van der Waals surface area contributed by atoms with Crippen molar-refractivity contribution >= 4 is 0 Å². The average molecular weight is 212 g/mol. The standard InChI is InChI=1S/C10H16N2O3/c1-13-5-3-11-6-9-8-7-14-4-2-10(8)15-12-9/h11H,2-7H2,1H3. The van der Waals surface area contributed by atoms with Crippen LogP contribution in [0.3, 0.4) is 0 Å². The first-order valence-corrected chi connectivity index (χ1v) is 5.15. The molecular weight excluding hydrogens is 196 g/mol. The number of nitrogens with zero attached hydrogens (tertiary/aromatic N) is 1. The second-order valence-electron chi connectivity index (χ2n) is 3.50. The van der Waals surface area contributed by atoms with E-state index in [9.17, 15) is 0 Å². The van der Waals surface area contributed by atoms with Crippen LogP contribution in [0.15, 0.2) is 4.52 Å². The van der Waals surface area contributed by atoms with Crippen molar-refractivity contribution in [3.05, 3.63) is 17.0 Å². The molecule has 84 valence electrons. The summed E-state index contributed by atoms with van der Waals surface area (Å²) in [7, 11) is 1.69. The summed E-state index contributed by atoms with van der Waals surface area (Å²) in [6.07, 6.45) is 0.834. The molecular formula is C10H16N2O3. The van der Waals surface area contributed by atoms with Gasteiger partial charge < -0.3 is 19.3 Å². The minimum Gasteiger partial charge on any atom is -0.383 e. The molecule has 1 aromatic heterocycles. The van der Waals surface area contributed by atoms with Crippen molar-refractivity contribution in [3.8, 4) is 0 Å². The van der Waals surface area contributed by atoms with E-state index < -0.39 is 0 Å². The van der Waals surface area contributed by atoms with Crippen LogP contribution in [0.5, 0.6) is 0 Å². The van der Waals surface area contributed by atoms with Crippen LogP contribution in [0.4, 0.5) is 0 Å². The van der Waals surface area contributed by atoms with Crippen molar-refractivity contribution in [3.63, 3.8) is 0 Å². The summed E-state index contributed by atoms with van der Waals surface area (Å²) in [5.41, 5.74) is 2.08. The zero-order valence-electron chi connectivity index (χ0n) is 8.91. The number of ether oxygens (including phenoxy) is 2. The first kappa shape index (κ1) is 10.6. The van der Waals surface area contributed by atoms with Gasteiger partial charge in [-0.15, -0.1) is 0 Å². The fourth-order valence-corrected chi connectivity index (χ4v) is 1.60. The largest absolute Gasteiger partial charge is 0.383 e. The lowest BCUT2D eigenvalue weighted by molar-refractivity contribution is 0.102. The summed E-state index contributed by atoms with van der Waals surface area (Å²) in [6, 6.07) is 0. The minimum atomic E-state index is 0.625. The van der Waals surface area contributed by atoms with E-state index >= 15 is 0 Å². The summed E-state index contributed by atoms with van der Waals surface area (Å²) >= 11 is 0. The second kappa shape index (κ2) is 5.25. The van der Waals surface area contributed by atoms with E-state index in [4.69, 9.17) is 14.0 Å². The quantitative estimate of drug-likeness (QED) is 0.719. The van der Waals surface area contributed by atoms with Crippen molar-refractivity contribution in [1.29, 1.82) is 0 Å². The van der Waals surface area contributed by atoms with Gasteiger partial charge in [0.2, 0.25) is 0 Å². The molecule has 15 heavy (non-hydrogen) atoms. The average Bonchev–Trinajstić information content (AvgIpc) is 2.68. The molecule has 0 fully saturated rings. The highest BCUT2D eigenvalue weighted by molar-refractivity contribution is 5.23. The second-order valence-corrected chi connectivity index (χ2v) is 3.50. The van der Waals surface area contributed by atoms with E-state index in [0.717, 1.165) is 36.6 Å². The maximum absolute atomic E-state index is 5.37. The van der Waals surface area contributed by atoms with Gasteiger partial charge in [0.1, 0.15) is 11.5 Å². The number of aromatic nitrogens is 1. The number of rotatable bonds is 5. The number of nitrogens with one attached hydrogen (secondary N) is 1. The smallest absolute Gasteiger partial charge is 0.144 e. The molecule has 0 amide bonds. The molecule has 0 spiro atoms. The fourth-order valence-electron chi connectivity index (χ4n) is 1.60. The Balaban J connectivity index is 1.88. The Morgan fingerprint density at radius 2 is 2.47 bits per heavy atom. The fraction of sp³-hybridized carbons (Fsp3) is 0.700. The molecule has 0 atom stereocenters. The SMILES string of the molecule is COCCNCc1noc2c1COCC2. The first-order valence-electron chi connectivity index (χ1n) is 5.15. The molecule has 2 heterocycles. The normalized spacial score (nSPS) is 15.3. The highest BCUT2D eigenvalue weighted by atomic mass is 16.5. The van der Waals surface area contributed by atoms with Crippen molar-refractivity contribution < 1.29 is 14.0 Å². The molecule has 0 radical (unpaired) electrons. The van der Waals surface area contributed by atoms with E-state index in [0.29, 0.717) is 19.8 Å². The lowest BCUT2D eigenvalue weighted by Crippen LogP contribution is -2.20. The Bertz CT molecular complexity index is 312. The molecule has 1 aromatic rings. The predicted molar refractivity (Wildman–Crippen MR) is 53.4 cm³/mol. The lowest BCUT2D eigenvalue weighted by Gasteiger charge is -2.10. The third kappa shape index (κ3) is 2.56. The zero-order valence-corrected chi connectivity index (χ0v) is 8.91. The van der Waals surface area contributed by atoms with Gasteiger partial charge in [0.25, 0.3) is 0 Å². The van der Waals surface area contributed by atoms with Crippen LogP contribution in [0.2, 0.25) is 0 Å². The molecule has 0 unspecified atom stereocenters. The first-order chi connectivity index (χ1) is 7.42. The molecule has 5 heteroatoms. The highest BCUT2D eigenvalue weighted by Crippen LogP contribution is 2.19. The van der Waals surface area contributed by atoms with E-state index in [-0.39, 0.29) is 0 Å². The Labute approximate surface area is 88.7 Å². The van der Waals surface area contributed by atoms with Crippen molar-refractivity contribution in [1.82, 2.24) is 10.5 Å². The molecule has 2 rings (SSSR count). The molecule has 1 N–H and O–H groups in total. The van der Waals surface area contributed by atoms with Crippen LogP contribution in [0, 0.1) is 0 Å². The van der Waals surface area contributed by atoms with Crippen LogP contribution in [-0.2, 0) is 29.0 Å². The van der Waals surface area contributed by atoms with Gasteiger partial charge in [0.15, 0.2) is 0 Å². The molecule has 0 bridgehead atoms. The van der Waals surface area contributed by atoms with Gasteiger partial charge in [-0.2, -0.15) is 0 Å². The summed E-state index contributed by atoms with van der Waals surface area (Å²) < 4.78 is 15.6. The summed E-state index contributed by atoms with van der Waals surface area (Å²) in [5.74, 6) is 0.977. The van der Waals surface area contributed by atoms with E-state index in [1.54, 1.807) is 7.11 Å². The maximum Gasteiger partial charge on any atom is 0.144 e. The number of fused-ring (bicyclic) bond motifs is 1. The van der Waals surface area contributed by atoms with Crippen LogP contribution in [0.25, 0.3) is 0 Å². The molecule has 0 saturated carbocycles. The van der Waals surface area contributed by atoms with E-state index in [1.165, 1.54) is 0 Å². The van der Waals surface area contributed by atoms with Crippen molar-refractivity contribution in [2.24, 2.45) is 0 Å². The van der Waals surface area contributed by atoms with Gasteiger partial charge in [-0.3, -0.25) is 0 Å². The van der Waals surface area contributed by atoms with E-state index in [2.05, 4.69) is 10.5 Å². The third-order valence-electron chi connectivity index (χ3n) is 2.45. The van der Waals surface area contributed by atoms with Crippen LogP contribution < -0.4 is 5.32 Å². The predicted octanol–water partition coefficient (Wildman–Crippen LogP) is 0.483. The summed E-state index contributed by atoms with van der Waals surface area (Å²) in [6.45, 7) is 3.60. The number of hydrogen-bond donors (Lipinski definition) is 1. The van der Waals surface area contributed by atoms with Crippen LogP contribution in [0.1, 0.15) is 17.0 Å². The van der Waals surface area contributed by atoms with Gasteiger partial charge in [-0.1, -0.05) is 5.16 Å². The van der Waals surface area contributed by atoms with Crippen molar-refractivity contribution in [2.45, 2.75) is 19.6 Å². The van der Waals surface area contributed by atoms with Gasteiger partial charge in [-0.25, -0.2) is 0 Å². The van der Waals surface area contributed by atoms with Gasteiger partial charge >= 0.3 is 0 Å². The topological polar surface area (TPSA) is 56.5 Å². The van der Waals surface area contributed by atoms with Gasteiger partial charge in [0.05, 0.1) is 19.8 Å². The summed E-state index contributed by atoms with van der Waals surface area (Å²) in [5, 5.41) is 7.27. The monoisotopic (exact) mass is 212 g/mol. The maximum atomic E-state index is 5.37. The molecule has 0 aromatic carbocycles. The highest BCUT2D eigenvalue weighted by Gasteiger charge is 2.19.